The standard InChI is InChI=1S/C9H20FO4P/c1-4-6-9(7-5-2)8-13-15(11,12-3)14-10/h9H,4-8H2,1-3H3. The van der Waals surface area contributed by atoms with Crippen LogP contribution in [0, 0.1) is 5.92 Å². The highest BCUT2D eigenvalue weighted by Crippen LogP contribution is 2.49. The third kappa shape index (κ3) is 6.25. The molecule has 0 heterocycles. The van der Waals surface area contributed by atoms with Gasteiger partial charge in [0.25, 0.3) is 0 Å². The fourth-order valence-corrected chi connectivity index (χ4v) is 2.02. The van der Waals surface area contributed by atoms with Gasteiger partial charge < -0.3 is 0 Å². The summed E-state index contributed by atoms with van der Waals surface area (Å²) in [7, 11) is -2.86. The first kappa shape index (κ1) is 15.0. The average Bonchev–Trinajstić information content (AvgIpc) is 2.26. The minimum atomic E-state index is -3.95. The highest BCUT2D eigenvalue weighted by atomic mass is 31.2. The van der Waals surface area contributed by atoms with Gasteiger partial charge in [0.1, 0.15) is 0 Å². The Hall–Kier alpha value is 0.0400. The SMILES string of the molecule is CCCC(CCC)COP(=O)(OC)OF. The largest absolute Gasteiger partial charge is 0.505 e. The van der Waals surface area contributed by atoms with Crippen molar-refractivity contribution in [2.24, 2.45) is 5.92 Å². The molecule has 0 aliphatic carbocycles. The molecule has 0 rings (SSSR count). The van der Waals surface area contributed by atoms with E-state index in [9.17, 15) is 9.09 Å². The summed E-state index contributed by atoms with van der Waals surface area (Å²) in [6, 6.07) is 0. The quantitative estimate of drug-likeness (QED) is 0.575. The van der Waals surface area contributed by atoms with Crippen molar-refractivity contribution in [3.63, 3.8) is 0 Å². The van der Waals surface area contributed by atoms with Crippen LogP contribution in [-0.4, -0.2) is 13.7 Å². The Balaban J connectivity index is 4.01. The first-order valence-corrected chi connectivity index (χ1v) is 6.68. The van der Waals surface area contributed by atoms with Gasteiger partial charge >= 0.3 is 7.82 Å². The molecule has 0 aliphatic rings. The zero-order valence-electron chi connectivity index (χ0n) is 9.57. The highest BCUT2D eigenvalue weighted by Gasteiger charge is 2.27. The van der Waals surface area contributed by atoms with Crippen LogP contribution in [0.5, 0.6) is 0 Å². The molecule has 0 aromatic rings. The van der Waals surface area contributed by atoms with Crippen LogP contribution in [0.15, 0.2) is 0 Å². The Bertz CT molecular complexity index is 187. The van der Waals surface area contributed by atoms with E-state index in [2.05, 4.69) is 23.1 Å². The maximum atomic E-state index is 11.9. The summed E-state index contributed by atoms with van der Waals surface area (Å²) in [5.74, 6) is 0.277. The molecule has 0 radical (unpaired) electrons. The Morgan fingerprint density at radius 3 is 2.13 bits per heavy atom. The molecule has 92 valence electrons. The van der Waals surface area contributed by atoms with Crippen LogP contribution in [0.1, 0.15) is 39.5 Å². The van der Waals surface area contributed by atoms with E-state index in [4.69, 9.17) is 4.52 Å². The van der Waals surface area contributed by atoms with Crippen LogP contribution in [0.3, 0.4) is 0 Å². The van der Waals surface area contributed by atoms with E-state index in [1.807, 2.05) is 0 Å². The minimum absolute atomic E-state index is 0.205. The van der Waals surface area contributed by atoms with Crippen LogP contribution in [-0.2, 0) is 18.3 Å². The van der Waals surface area contributed by atoms with Crippen molar-refractivity contribution in [1.29, 1.82) is 0 Å². The van der Waals surface area contributed by atoms with Gasteiger partial charge in [-0.05, 0) is 23.3 Å². The lowest BCUT2D eigenvalue weighted by Crippen LogP contribution is -2.09. The second-order valence-electron chi connectivity index (χ2n) is 3.44. The Morgan fingerprint density at radius 1 is 1.27 bits per heavy atom. The van der Waals surface area contributed by atoms with Crippen molar-refractivity contribution < 1.29 is 22.9 Å². The smallest absolute Gasteiger partial charge is 0.289 e. The lowest BCUT2D eigenvalue weighted by molar-refractivity contribution is -0.0552. The number of phosphoric acid groups is 1. The lowest BCUT2D eigenvalue weighted by Gasteiger charge is -2.17. The molecule has 1 atom stereocenters. The number of hydrogen-bond donors (Lipinski definition) is 0. The van der Waals surface area contributed by atoms with Crippen molar-refractivity contribution in [3.05, 3.63) is 0 Å². The molecule has 1 unspecified atom stereocenters. The molecule has 0 bridgehead atoms. The van der Waals surface area contributed by atoms with Gasteiger partial charge in [0.2, 0.25) is 0 Å². The number of phosphoric ester groups is 1. The molecule has 0 aliphatic heterocycles. The first-order chi connectivity index (χ1) is 7.11. The molecule has 0 fully saturated rings. The molecule has 0 spiro atoms. The summed E-state index contributed by atoms with van der Waals surface area (Å²) in [6.07, 6.45) is 3.96. The van der Waals surface area contributed by atoms with Gasteiger partial charge in [-0.1, -0.05) is 31.4 Å². The maximum absolute atomic E-state index is 11.9. The van der Waals surface area contributed by atoms with Crippen LogP contribution in [0.2, 0.25) is 0 Å². The fourth-order valence-electron chi connectivity index (χ4n) is 1.42. The fraction of sp³-hybridized carbons (Fsp3) is 1.00. The Kier molecular flexibility index (Phi) is 8.24. The summed E-state index contributed by atoms with van der Waals surface area (Å²) in [6.45, 7) is 4.32. The van der Waals surface area contributed by atoms with Gasteiger partial charge in [0.05, 0.1) is 6.61 Å². The zero-order valence-corrected chi connectivity index (χ0v) is 10.5. The molecular weight excluding hydrogens is 222 g/mol. The van der Waals surface area contributed by atoms with E-state index in [0.717, 1.165) is 32.8 Å². The van der Waals surface area contributed by atoms with Gasteiger partial charge in [-0.15, -0.1) is 0 Å². The summed E-state index contributed by atoms with van der Waals surface area (Å²) in [5, 5.41) is 0. The molecule has 6 heteroatoms. The van der Waals surface area contributed by atoms with E-state index in [1.54, 1.807) is 0 Å². The number of halogens is 1. The highest BCUT2D eigenvalue weighted by molar-refractivity contribution is 7.48. The van der Waals surface area contributed by atoms with Crippen molar-refractivity contribution in [3.8, 4) is 0 Å². The van der Waals surface area contributed by atoms with Gasteiger partial charge in [0, 0.05) is 7.11 Å². The summed E-state index contributed by atoms with van der Waals surface area (Å²) >= 11 is 0. The predicted octanol–water partition coefficient (Wildman–Crippen LogP) is 3.88. The zero-order chi connectivity index (χ0) is 11.7. The molecule has 0 saturated carbocycles. The van der Waals surface area contributed by atoms with Gasteiger partial charge in [-0.25, -0.2) is 4.57 Å². The molecule has 0 aromatic carbocycles. The first-order valence-electron chi connectivity index (χ1n) is 5.22. The monoisotopic (exact) mass is 242 g/mol. The van der Waals surface area contributed by atoms with E-state index >= 15 is 0 Å². The molecule has 4 nitrogen and oxygen atoms in total. The van der Waals surface area contributed by atoms with Crippen LogP contribution >= 0.6 is 7.82 Å². The second-order valence-corrected chi connectivity index (χ2v) is 5.09. The molecular formula is C9H20FO4P. The number of hydrogen-bond acceptors (Lipinski definition) is 4. The van der Waals surface area contributed by atoms with Crippen LogP contribution in [0.4, 0.5) is 4.53 Å². The molecule has 0 N–H and O–H groups in total. The van der Waals surface area contributed by atoms with Crippen LogP contribution < -0.4 is 0 Å². The Labute approximate surface area is 90.6 Å². The van der Waals surface area contributed by atoms with Crippen molar-refractivity contribution in [2.45, 2.75) is 39.5 Å². The predicted molar refractivity (Wildman–Crippen MR) is 56.1 cm³/mol. The molecule has 15 heavy (non-hydrogen) atoms. The third-order valence-electron chi connectivity index (χ3n) is 2.17. The van der Waals surface area contributed by atoms with Gasteiger partial charge in [0.15, 0.2) is 0 Å². The number of rotatable bonds is 9. The van der Waals surface area contributed by atoms with E-state index in [-0.39, 0.29) is 12.5 Å². The average molecular weight is 242 g/mol. The maximum Gasteiger partial charge on any atom is 0.505 e. The summed E-state index contributed by atoms with van der Waals surface area (Å²) in [4.78, 5) is 0. The van der Waals surface area contributed by atoms with Gasteiger partial charge in [-0.3, -0.25) is 9.05 Å². The topological polar surface area (TPSA) is 44.8 Å². The normalized spacial score (nSPS) is 15.5. The minimum Gasteiger partial charge on any atom is -0.289 e. The van der Waals surface area contributed by atoms with E-state index in [1.165, 1.54) is 0 Å². The molecule has 0 saturated heterocycles. The summed E-state index contributed by atoms with van der Waals surface area (Å²) < 4.78 is 35.4. The van der Waals surface area contributed by atoms with Crippen molar-refractivity contribution in [1.82, 2.24) is 0 Å². The van der Waals surface area contributed by atoms with Crippen LogP contribution in [0.25, 0.3) is 0 Å². The van der Waals surface area contributed by atoms with Crippen molar-refractivity contribution >= 4 is 7.82 Å². The van der Waals surface area contributed by atoms with E-state index in [0.29, 0.717) is 0 Å². The summed E-state index contributed by atoms with van der Waals surface area (Å²) in [5.41, 5.74) is 0. The van der Waals surface area contributed by atoms with Crippen molar-refractivity contribution in [2.75, 3.05) is 13.7 Å². The third-order valence-corrected chi connectivity index (χ3v) is 3.25. The molecule has 0 amide bonds. The Morgan fingerprint density at radius 2 is 1.80 bits per heavy atom. The van der Waals surface area contributed by atoms with E-state index < -0.39 is 7.82 Å². The van der Waals surface area contributed by atoms with Gasteiger partial charge in [-0.2, -0.15) is 0 Å². The lowest BCUT2D eigenvalue weighted by atomic mass is 10.00. The molecule has 0 aromatic heterocycles. The second kappa shape index (κ2) is 8.22.